The third-order valence-corrected chi connectivity index (χ3v) is 6.44. The van der Waals surface area contributed by atoms with Crippen LogP contribution < -0.4 is 5.32 Å². The zero-order valence-electron chi connectivity index (χ0n) is 12.7. The number of aliphatic hydroxyl groups excluding tert-OH is 2. The van der Waals surface area contributed by atoms with E-state index in [2.05, 4.69) is 15.2 Å². The van der Waals surface area contributed by atoms with E-state index in [1.54, 1.807) is 11.8 Å². The van der Waals surface area contributed by atoms with Crippen molar-refractivity contribution in [2.45, 2.75) is 67.9 Å². The zero-order chi connectivity index (χ0) is 15.1. The Morgan fingerprint density at radius 1 is 1.18 bits per heavy atom. The number of hydrogen-bond donors (Lipinski definition) is 3. The van der Waals surface area contributed by atoms with E-state index < -0.39 is 12.2 Å². The Morgan fingerprint density at radius 2 is 1.95 bits per heavy atom. The molecule has 2 saturated heterocycles. The zero-order valence-corrected chi connectivity index (χ0v) is 13.5. The van der Waals surface area contributed by atoms with E-state index >= 15 is 0 Å². The van der Waals surface area contributed by atoms with E-state index in [4.69, 9.17) is 4.74 Å². The van der Waals surface area contributed by atoms with Gasteiger partial charge in [-0.2, -0.15) is 0 Å². The van der Waals surface area contributed by atoms with E-state index in [1.165, 1.54) is 32.1 Å². The maximum Gasteiger partial charge on any atom is 0.162 e. The van der Waals surface area contributed by atoms with Gasteiger partial charge in [-0.1, -0.05) is 24.6 Å². The molecule has 1 aliphatic carbocycles. The van der Waals surface area contributed by atoms with Crippen LogP contribution in [0.15, 0.2) is 4.99 Å². The third kappa shape index (κ3) is 2.78. The second kappa shape index (κ2) is 6.28. The van der Waals surface area contributed by atoms with Gasteiger partial charge in [0.1, 0.15) is 29.8 Å². The first-order chi connectivity index (χ1) is 10.7. The molecule has 0 spiro atoms. The van der Waals surface area contributed by atoms with Crippen molar-refractivity contribution in [1.29, 1.82) is 0 Å². The maximum absolute atomic E-state index is 10.4. The Bertz CT molecular complexity index is 440. The molecule has 4 aliphatic rings. The quantitative estimate of drug-likeness (QED) is 0.685. The highest BCUT2D eigenvalue weighted by molar-refractivity contribution is 8.14. The number of aliphatic hydroxyl groups is 2. The van der Waals surface area contributed by atoms with Gasteiger partial charge < -0.3 is 25.2 Å². The molecule has 3 aliphatic heterocycles. The van der Waals surface area contributed by atoms with Crippen LogP contribution in [0.5, 0.6) is 0 Å². The van der Waals surface area contributed by atoms with Crippen molar-refractivity contribution in [2.24, 2.45) is 4.99 Å². The van der Waals surface area contributed by atoms with Gasteiger partial charge >= 0.3 is 0 Å². The third-order valence-electron chi connectivity index (χ3n) is 5.24. The highest BCUT2D eigenvalue weighted by atomic mass is 32.2. The molecule has 22 heavy (non-hydrogen) atoms. The molecular formula is C15H25N3O3S. The Morgan fingerprint density at radius 3 is 2.64 bits per heavy atom. The van der Waals surface area contributed by atoms with E-state index in [1.807, 2.05) is 0 Å². The molecule has 6 nitrogen and oxygen atoms in total. The maximum atomic E-state index is 10.4. The van der Waals surface area contributed by atoms with Crippen molar-refractivity contribution in [3.05, 3.63) is 0 Å². The summed E-state index contributed by atoms with van der Waals surface area (Å²) in [6.45, 7) is 2.68. The number of fused-ring (bicyclic) bond motifs is 1. The van der Waals surface area contributed by atoms with E-state index in [0.717, 1.165) is 18.3 Å². The van der Waals surface area contributed by atoms with Crippen LogP contribution in [0.25, 0.3) is 0 Å². The molecule has 0 aromatic heterocycles. The average molecular weight is 327 g/mol. The fourth-order valence-electron chi connectivity index (χ4n) is 3.66. The fraction of sp³-hybridized carbons (Fsp3) is 0.933. The van der Waals surface area contributed by atoms with Crippen LogP contribution in [0.4, 0.5) is 0 Å². The first-order valence-electron chi connectivity index (χ1n) is 8.47. The molecule has 0 bridgehead atoms. The van der Waals surface area contributed by atoms with E-state index in [9.17, 15) is 10.2 Å². The molecule has 0 aromatic carbocycles. The highest BCUT2D eigenvalue weighted by Crippen LogP contribution is 2.38. The summed E-state index contributed by atoms with van der Waals surface area (Å²) in [5, 5.41) is 25.2. The molecule has 0 radical (unpaired) electrons. The summed E-state index contributed by atoms with van der Waals surface area (Å²) in [4.78, 5) is 6.81. The molecule has 3 fully saturated rings. The second-order valence-corrected chi connectivity index (χ2v) is 7.84. The molecule has 0 amide bonds. The molecule has 3 N–H and O–H groups in total. The van der Waals surface area contributed by atoms with Gasteiger partial charge in [0.05, 0.1) is 0 Å². The second-order valence-electron chi connectivity index (χ2n) is 6.77. The summed E-state index contributed by atoms with van der Waals surface area (Å²) in [5.74, 6) is 0. The molecule has 4 rings (SSSR count). The Balaban J connectivity index is 1.36. The van der Waals surface area contributed by atoms with Gasteiger partial charge in [-0.15, -0.1) is 0 Å². The van der Waals surface area contributed by atoms with Crippen LogP contribution in [-0.2, 0) is 4.74 Å². The highest BCUT2D eigenvalue weighted by Gasteiger charge is 2.49. The van der Waals surface area contributed by atoms with Crippen LogP contribution in [0.3, 0.4) is 0 Å². The normalized spacial score (nSPS) is 42.2. The molecule has 1 saturated carbocycles. The van der Waals surface area contributed by atoms with Crippen LogP contribution in [0.1, 0.15) is 32.1 Å². The molecule has 5 atom stereocenters. The number of hydrogen-bond acceptors (Lipinski definition) is 7. The number of nitrogens with one attached hydrogen (secondary N) is 1. The van der Waals surface area contributed by atoms with Crippen LogP contribution in [-0.4, -0.2) is 75.7 Å². The summed E-state index contributed by atoms with van der Waals surface area (Å²) in [7, 11) is 0. The molecule has 3 heterocycles. The first-order valence-corrected chi connectivity index (χ1v) is 9.35. The minimum atomic E-state index is -0.866. The molecule has 7 heteroatoms. The molecule has 0 aromatic rings. The largest absolute Gasteiger partial charge is 0.388 e. The van der Waals surface area contributed by atoms with Crippen LogP contribution in [0, 0.1) is 0 Å². The fourth-order valence-corrected chi connectivity index (χ4v) is 4.94. The van der Waals surface area contributed by atoms with E-state index in [-0.39, 0.29) is 17.6 Å². The van der Waals surface area contributed by atoms with Gasteiger partial charge in [0, 0.05) is 25.7 Å². The van der Waals surface area contributed by atoms with Crippen molar-refractivity contribution >= 4 is 16.9 Å². The number of nitrogens with zero attached hydrogens (tertiary/aromatic N) is 2. The molecule has 124 valence electrons. The summed E-state index contributed by atoms with van der Waals surface area (Å²) in [5.41, 5.74) is -0.163. The number of aliphatic imine (C=N–C) groups is 1. The predicted molar refractivity (Wildman–Crippen MR) is 85.9 cm³/mol. The lowest BCUT2D eigenvalue weighted by atomic mass is 9.98. The lowest BCUT2D eigenvalue weighted by molar-refractivity contribution is -0.151. The lowest BCUT2D eigenvalue weighted by Crippen LogP contribution is -2.57. The van der Waals surface area contributed by atoms with Crippen molar-refractivity contribution in [1.82, 2.24) is 10.2 Å². The predicted octanol–water partition coefficient (Wildman–Crippen LogP) is 0.142. The van der Waals surface area contributed by atoms with Gasteiger partial charge in [-0.05, 0) is 19.3 Å². The average Bonchev–Trinajstić information content (AvgIpc) is 3.08. The smallest absolute Gasteiger partial charge is 0.162 e. The SMILES string of the molecule is OC1C(CNC2CCCC2)OC2SC(N3CCC3)=NC2C1O. The summed E-state index contributed by atoms with van der Waals surface area (Å²) in [6, 6.07) is 0.202. The first kappa shape index (κ1) is 15.2. The van der Waals surface area contributed by atoms with Gasteiger partial charge in [-0.3, -0.25) is 4.99 Å². The van der Waals surface area contributed by atoms with Gasteiger partial charge in [0.25, 0.3) is 0 Å². The van der Waals surface area contributed by atoms with Crippen molar-refractivity contribution in [3.63, 3.8) is 0 Å². The Kier molecular flexibility index (Phi) is 4.34. The lowest BCUT2D eigenvalue weighted by Gasteiger charge is -2.38. The number of thioether (sulfide) groups is 1. The minimum Gasteiger partial charge on any atom is -0.388 e. The van der Waals surface area contributed by atoms with Crippen molar-refractivity contribution in [2.75, 3.05) is 19.6 Å². The van der Waals surface area contributed by atoms with Gasteiger partial charge in [0.2, 0.25) is 0 Å². The number of rotatable bonds is 3. The Hall–Kier alpha value is -0.340. The van der Waals surface area contributed by atoms with Crippen molar-refractivity contribution < 1.29 is 14.9 Å². The van der Waals surface area contributed by atoms with Crippen LogP contribution in [0.2, 0.25) is 0 Å². The summed E-state index contributed by atoms with van der Waals surface area (Å²) >= 11 is 1.60. The minimum absolute atomic E-state index is 0.163. The number of ether oxygens (including phenoxy) is 1. The summed E-state index contributed by atoms with van der Waals surface area (Å²) in [6.07, 6.45) is 4.12. The Labute approximate surface area is 135 Å². The monoisotopic (exact) mass is 327 g/mol. The number of likely N-dealkylation sites (tertiary alicyclic amines) is 1. The van der Waals surface area contributed by atoms with Gasteiger partial charge in [-0.25, -0.2) is 0 Å². The standard InChI is InChI=1S/C15H25N3O3S/c19-12-10(8-16-9-4-1-2-5-9)21-14-11(13(12)20)17-15(22-14)18-6-3-7-18/h9-14,16,19-20H,1-8H2. The molecule has 5 unspecified atom stereocenters. The summed E-state index contributed by atoms with van der Waals surface area (Å²) < 4.78 is 6.05. The molecular weight excluding hydrogens is 302 g/mol. The van der Waals surface area contributed by atoms with Crippen molar-refractivity contribution in [3.8, 4) is 0 Å². The van der Waals surface area contributed by atoms with Crippen LogP contribution >= 0.6 is 11.8 Å². The van der Waals surface area contributed by atoms with E-state index in [0.29, 0.717) is 12.6 Å². The van der Waals surface area contributed by atoms with Gasteiger partial charge in [0.15, 0.2) is 5.17 Å². The number of amidine groups is 1. The topological polar surface area (TPSA) is 77.3 Å².